The Hall–Kier alpha value is -6.47. The van der Waals surface area contributed by atoms with Crippen LogP contribution in [0.25, 0.3) is 0 Å². The molecule has 0 fully saturated rings. The van der Waals surface area contributed by atoms with E-state index in [4.69, 9.17) is 12.2 Å². The molecule has 0 aromatic carbocycles. The Kier molecular flexibility index (Phi) is 15.2. The Labute approximate surface area is 274 Å². The number of carboxylic acids is 1. The fraction of sp³-hybridized carbons (Fsp3) is 0.286. The van der Waals surface area contributed by atoms with E-state index in [1.807, 2.05) is 0 Å². The molecule has 0 unspecified atom stereocenters. The maximum Gasteiger partial charge on any atom is 0.354 e. The van der Waals surface area contributed by atoms with Crippen molar-refractivity contribution in [3.8, 4) is 0 Å². The molecule has 4 rings (SSSR count). The number of hydrogen-bond acceptors (Lipinski definition) is 11. The van der Waals surface area contributed by atoms with Gasteiger partial charge in [0.2, 0.25) is 0 Å². The highest BCUT2D eigenvalue weighted by molar-refractivity contribution is 6.04. The first-order valence-corrected chi connectivity index (χ1v) is 12.7. The summed E-state index contributed by atoms with van der Waals surface area (Å²) in [6.45, 7) is 0. The molecular formula is C28H37FN8O11. The number of nitrogens with two attached hydrogens (primary N) is 1. The average molecular weight is 682 g/mol. The monoisotopic (exact) mass is 681 g/mol. The molecule has 1 amide bonds. The van der Waals surface area contributed by atoms with Gasteiger partial charge in [-0.3, -0.25) is 29.4 Å². The molecule has 0 aliphatic heterocycles. The first kappa shape index (κ1) is 39.6. The number of ether oxygens (including phenoxy) is 2. The predicted molar refractivity (Wildman–Crippen MR) is 171 cm³/mol. The van der Waals surface area contributed by atoms with Crippen LogP contribution in [0.5, 0.6) is 0 Å². The molecule has 262 valence electrons. The van der Waals surface area contributed by atoms with Crippen LogP contribution >= 0.6 is 0 Å². The molecule has 0 atom stereocenters. The summed E-state index contributed by atoms with van der Waals surface area (Å²) in [6, 6.07) is 5.23. The predicted octanol–water partition coefficient (Wildman–Crippen LogP) is 3.56. The number of nitrogens with one attached hydrogen (secondary N) is 1. The summed E-state index contributed by atoms with van der Waals surface area (Å²) in [5, 5.41) is 32.0. The second-order valence-corrected chi connectivity index (χ2v) is 9.14. The van der Waals surface area contributed by atoms with Crippen molar-refractivity contribution in [1.29, 1.82) is 0 Å². The molecule has 0 bridgehead atoms. The third kappa shape index (κ3) is 10.9. The number of amides is 1. The van der Waals surface area contributed by atoms with E-state index in [1.54, 1.807) is 37.1 Å². The second kappa shape index (κ2) is 18.5. The van der Waals surface area contributed by atoms with Gasteiger partial charge in [0.1, 0.15) is 22.8 Å². The number of aromatic carboxylic acids is 1. The number of anilines is 2. The van der Waals surface area contributed by atoms with E-state index >= 15 is 0 Å². The van der Waals surface area contributed by atoms with E-state index in [2.05, 4.69) is 14.8 Å². The number of halogens is 1. The minimum absolute atomic E-state index is 0. The van der Waals surface area contributed by atoms with Crippen LogP contribution in [0.3, 0.4) is 0 Å². The van der Waals surface area contributed by atoms with Crippen LogP contribution in [-0.4, -0.2) is 78.4 Å². The van der Waals surface area contributed by atoms with Crippen molar-refractivity contribution in [3.63, 3.8) is 0 Å². The maximum absolute atomic E-state index is 12.2. The van der Waals surface area contributed by atoms with Crippen LogP contribution < -0.4 is 11.1 Å². The van der Waals surface area contributed by atoms with Crippen LogP contribution in [0, 0.1) is 20.2 Å². The fourth-order valence-corrected chi connectivity index (χ4v) is 3.77. The number of methoxy groups -OCH3 is 2. The van der Waals surface area contributed by atoms with Gasteiger partial charge in [0.25, 0.3) is 17.3 Å². The highest BCUT2D eigenvalue weighted by Gasteiger charge is 2.20. The molecule has 19 nitrogen and oxygen atoms in total. The van der Waals surface area contributed by atoms with Gasteiger partial charge in [-0.15, -0.1) is 0 Å². The molecule has 0 aliphatic carbocycles. The van der Waals surface area contributed by atoms with Gasteiger partial charge in [0, 0.05) is 52.7 Å². The van der Waals surface area contributed by atoms with Crippen LogP contribution in [0.15, 0.2) is 49.1 Å². The summed E-state index contributed by atoms with van der Waals surface area (Å²) < 4.78 is 30.3. The summed E-state index contributed by atoms with van der Waals surface area (Å²) in [6.07, 6.45) is 5.61. The van der Waals surface area contributed by atoms with Crippen molar-refractivity contribution < 1.29 is 49.4 Å². The number of nitrogens with zero attached hydrogens (tertiary/aromatic N) is 6. The Morgan fingerprint density at radius 1 is 0.792 bits per heavy atom. The summed E-state index contributed by atoms with van der Waals surface area (Å²) in [5.74, 6) is -2.59. The minimum atomic E-state index is -1.18. The minimum Gasteiger partial charge on any atom is -0.477 e. The molecule has 4 aromatic heterocycles. The number of nitrogen functional groups attached to an aromatic ring is 1. The van der Waals surface area contributed by atoms with E-state index in [-0.39, 0.29) is 41.9 Å². The Bertz CT molecular complexity index is 1790. The quantitative estimate of drug-likeness (QED) is 0.144. The second-order valence-electron chi connectivity index (χ2n) is 9.14. The number of carbonyl (C=O) groups is 4. The number of carboxylic acid groups (broad SMARTS) is 1. The molecule has 20 heteroatoms. The van der Waals surface area contributed by atoms with Gasteiger partial charge in [0.05, 0.1) is 56.4 Å². The molecule has 0 saturated carbocycles. The number of esters is 2. The first-order valence-electron chi connectivity index (χ1n) is 13.4. The molecule has 48 heavy (non-hydrogen) atoms. The highest BCUT2D eigenvalue weighted by Crippen LogP contribution is 2.19. The van der Waals surface area contributed by atoms with Gasteiger partial charge in [-0.25, -0.2) is 14.4 Å². The molecular weight excluding hydrogens is 643 g/mol. The van der Waals surface area contributed by atoms with Gasteiger partial charge in [0.15, 0.2) is 0 Å². The molecule has 0 aliphatic rings. The van der Waals surface area contributed by atoms with Crippen molar-refractivity contribution in [2.75, 3.05) is 32.4 Å². The molecule has 0 radical (unpaired) electrons. The number of carbonyl (C=O) groups excluding carboxylic acids is 3. The van der Waals surface area contributed by atoms with Crippen LogP contribution in [-0.2, 0) is 37.7 Å². The zero-order valence-electron chi connectivity index (χ0n) is 27.0. The lowest BCUT2D eigenvalue weighted by atomic mass is 10.3. The largest absolute Gasteiger partial charge is 0.477 e. The van der Waals surface area contributed by atoms with E-state index in [1.165, 1.54) is 60.3 Å². The topological polar surface area (TPSA) is 251 Å². The highest BCUT2D eigenvalue weighted by atomic mass is 19.1. The van der Waals surface area contributed by atoms with E-state index in [0.29, 0.717) is 17.1 Å². The third-order valence-corrected chi connectivity index (χ3v) is 5.93. The summed E-state index contributed by atoms with van der Waals surface area (Å²) in [5.41, 5.74) is 6.78. The number of nitro groups is 2. The SMILES string of the molecule is C.COC(=O)c1cc(N)cn1C.COC(=O)c1cc(NC(=O)c2cc([N+](=O)[O-])cn2C)cn1C.Cn1cc([N+](=O)[O-])cc1C(=O)O.[2H]CF. The zero-order valence-corrected chi connectivity index (χ0v) is 26.0. The lowest BCUT2D eigenvalue weighted by Crippen LogP contribution is -2.14. The number of rotatable bonds is 7. The summed E-state index contributed by atoms with van der Waals surface area (Å²) in [7, 11) is 7.95. The zero-order chi connectivity index (χ0) is 36.9. The van der Waals surface area contributed by atoms with E-state index in [9.17, 15) is 43.8 Å². The van der Waals surface area contributed by atoms with Crippen LogP contribution in [0.4, 0.5) is 27.1 Å². The van der Waals surface area contributed by atoms with Crippen molar-refractivity contribution in [2.24, 2.45) is 28.2 Å². The lowest BCUT2D eigenvalue weighted by Gasteiger charge is -2.02. The Morgan fingerprint density at radius 2 is 1.19 bits per heavy atom. The first-order chi connectivity index (χ1) is 22.4. The standard InChI is InChI=1S/C13H14N4O5.C7H10N2O2.C6H6N2O4.CH3F.CH4/c1-15-6-8(4-11(15)13(19)22-3)14-12(18)10-5-9(17(20)21)7-16(10)2;1-9-4-5(8)3-6(9)7(10)11-2;1-7-3-4(8(11)12)2-5(7)6(9)10;1-2;/h4-7H,1-3H3,(H,14,18);3-4H,8H2,1-2H3;2-3H,1H3,(H,9,10);1H3;1H4/i;;;1D;. The summed E-state index contributed by atoms with van der Waals surface area (Å²) in [4.78, 5) is 64.7. The normalized spacial score (nSPS) is 9.77. The van der Waals surface area contributed by atoms with Gasteiger partial charge in [-0.05, 0) is 12.1 Å². The molecule has 4 heterocycles. The smallest absolute Gasteiger partial charge is 0.354 e. The Morgan fingerprint density at radius 3 is 1.54 bits per heavy atom. The molecule has 4 aromatic rings. The van der Waals surface area contributed by atoms with Gasteiger partial charge >= 0.3 is 17.9 Å². The van der Waals surface area contributed by atoms with E-state index in [0.717, 1.165) is 12.3 Å². The molecule has 0 spiro atoms. The maximum atomic E-state index is 12.2. The van der Waals surface area contributed by atoms with Gasteiger partial charge < -0.3 is 43.9 Å². The van der Waals surface area contributed by atoms with Crippen LogP contribution in [0.1, 0.15) is 50.8 Å². The van der Waals surface area contributed by atoms with Crippen molar-refractivity contribution >= 4 is 46.6 Å². The third-order valence-electron chi connectivity index (χ3n) is 5.93. The Balaban J connectivity index is 0.000000724. The van der Waals surface area contributed by atoms with Crippen molar-refractivity contribution in [2.45, 2.75) is 7.43 Å². The van der Waals surface area contributed by atoms with E-state index < -0.39 is 34.8 Å². The van der Waals surface area contributed by atoms with Gasteiger partial charge in [-0.2, -0.15) is 0 Å². The van der Waals surface area contributed by atoms with Crippen molar-refractivity contribution in [1.82, 2.24) is 18.3 Å². The molecule has 0 saturated heterocycles. The van der Waals surface area contributed by atoms with Crippen LogP contribution in [0.2, 0.25) is 0 Å². The average Bonchev–Trinajstić information content (AvgIpc) is 3.78. The summed E-state index contributed by atoms with van der Waals surface area (Å²) >= 11 is 0. The number of aryl methyl sites for hydroxylation is 4. The lowest BCUT2D eigenvalue weighted by molar-refractivity contribution is -0.385. The number of aromatic nitrogens is 4. The fourth-order valence-electron chi connectivity index (χ4n) is 3.77. The molecule has 4 N–H and O–H groups in total. The van der Waals surface area contributed by atoms with Crippen molar-refractivity contribution in [3.05, 3.63) is 92.1 Å². The van der Waals surface area contributed by atoms with Gasteiger partial charge in [-0.1, -0.05) is 7.43 Å². The number of alkyl halides is 1. The number of hydrogen-bond donors (Lipinski definition) is 3.